The van der Waals surface area contributed by atoms with Gasteiger partial charge in [-0.3, -0.25) is 4.79 Å². The van der Waals surface area contributed by atoms with Gasteiger partial charge in [0.15, 0.2) is 0 Å². The number of carbonyl (C=O) groups is 1. The third-order valence-corrected chi connectivity index (χ3v) is 3.21. The predicted octanol–water partition coefficient (Wildman–Crippen LogP) is 1.28. The van der Waals surface area contributed by atoms with E-state index in [1.54, 1.807) is 12.1 Å². The van der Waals surface area contributed by atoms with E-state index in [0.717, 1.165) is 31.6 Å². The summed E-state index contributed by atoms with van der Waals surface area (Å²) in [4.78, 5) is 13.7. The van der Waals surface area contributed by atoms with Crippen LogP contribution in [-0.2, 0) is 4.79 Å². The van der Waals surface area contributed by atoms with Crippen molar-refractivity contribution in [1.29, 1.82) is 0 Å². The molecular weight excluding hydrogens is 228 g/mol. The number of likely N-dealkylation sites (tertiary alicyclic amines) is 1. The first kappa shape index (κ1) is 12.5. The summed E-state index contributed by atoms with van der Waals surface area (Å²) in [6.07, 6.45) is 2.78. The molecule has 5 heteroatoms. The van der Waals surface area contributed by atoms with Crippen LogP contribution in [0.2, 0.25) is 0 Å². The van der Waals surface area contributed by atoms with Gasteiger partial charge in [0.2, 0.25) is 5.91 Å². The Bertz CT molecular complexity index is 427. The minimum absolute atomic E-state index is 0.225. The number of nitrogens with two attached hydrogens (primary N) is 2. The Hall–Kier alpha value is -1.91. The summed E-state index contributed by atoms with van der Waals surface area (Å²) < 4.78 is 0. The van der Waals surface area contributed by atoms with Crippen LogP contribution in [0.3, 0.4) is 0 Å². The number of nitrogen functional groups attached to an aromatic ring is 2. The number of anilines is 3. The van der Waals surface area contributed by atoms with Gasteiger partial charge in [-0.2, -0.15) is 0 Å². The molecule has 0 spiro atoms. The van der Waals surface area contributed by atoms with E-state index in [0.29, 0.717) is 24.3 Å². The van der Waals surface area contributed by atoms with Crippen LogP contribution in [0.15, 0.2) is 18.2 Å². The normalized spacial score (nSPS) is 14.8. The topological polar surface area (TPSA) is 84.4 Å². The van der Waals surface area contributed by atoms with E-state index in [1.807, 2.05) is 11.0 Å². The number of benzene rings is 1. The number of nitrogens with zero attached hydrogens (tertiary/aromatic N) is 1. The van der Waals surface area contributed by atoms with E-state index >= 15 is 0 Å². The fraction of sp³-hybridized carbons (Fsp3) is 0.462. The van der Waals surface area contributed by atoms with Crippen LogP contribution in [0, 0.1) is 0 Å². The van der Waals surface area contributed by atoms with Crippen LogP contribution in [-0.4, -0.2) is 30.4 Å². The van der Waals surface area contributed by atoms with Crippen molar-refractivity contribution in [2.75, 3.05) is 36.4 Å². The van der Waals surface area contributed by atoms with Crippen LogP contribution < -0.4 is 16.8 Å². The Morgan fingerprint density at radius 3 is 2.61 bits per heavy atom. The smallest absolute Gasteiger partial charge is 0.224 e. The SMILES string of the molecule is Nc1ccc(NCCC(=O)N2CCCC2)cc1N. The summed E-state index contributed by atoms with van der Waals surface area (Å²) in [5.41, 5.74) is 13.4. The molecule has 5 N–H and O–H groups in total. The first-order valence-corrected chi connectivity index (χ1v) is 6.33. The van der Waals surface area contributed by atoms with Crippen LogP contribution in [0.4, 0.5) is 17.1 Å². The number of hydrogen-bond acceptors (Lipinski definition) is 4. The number of nitrogens with one attached hydrogen (secondary N) is 1. The monoisotopic (exact) mass is 248 g/mol. The van der Waals surface area contributed by atoms with Gasteiger partial charge in [-0.15, -0.1) is 0 Å². The first-order chi connectivity index (χ1) is 8.66. The maximum atomic E-state index is 11.8. The molecule has 1 aromatic carbocycles. The molecule has 0 saturated carbocycles. The van der Waals surface area contributed by atoms with E-state index < -0.39 is 0 Å². The molecule has 0 atom stereocenters. The van der Waals surface area contributed by atoms with Gasteiger partial charge in [0.25, 0.3) is 0 Å². The Kier molecular flexibility index (Phi) is 3.92. The second kappa shape index (κ2) is 5.62. The molecule has 18 heavy (non-hydrogen) atoms. The van der Waals surface area contributed by atoms with E-state index in [1.165, 1.54) is 0 Å². The fourth-order valence-corrected chi connectivity index (χ4v) is 2.12. The van der Waals surface area contributed by atoms with Crippen molar-refractivity contribution >= 4 is 23.0 Å². The largest absolute Gasteiger partial charge is 0.397 e. The van der Waals surface area contributed by atoms with Gasteiger partial charge in [0.1, 0.15) is 0 Å². The molecule has 98 valence electrons. The molecule has 5 nitrogen and oxygen atoms in total. The molecule has 1 aromatic rings. The third kappa shape index (κ3) is 3.06. The zero-order chi connectivity index (χ0) is 13.0. The highest BCUT2D eigenvalue weighted by Gasteiger charge is 2.16. The Balaban J connectivity index is 1.77. The van der Waals surface area contributed by atoms with Crippen LogP contribution >= 0.6 is 0 Å². The van der Waals surface area contributed by atoms with Crippen LogP contribution in [0.25, 0.3) is 0 Å². The molecule has 1 aliphatic rings. The maximum absolute atomic E-state index is 11.8. The van der Waals surface area contributed by atoms with Gasteiger partial charge < -0.3 is 21.7 Å². The van der Waals surface area contributed by atoms with Gasteiger partial charge >= 0.3 is 0 Å². The lowest BCUT2D eigenvalue weighted by Gasteiger charge is -2.15. The van der Waals surface area contributed by atoms with E-state index in [4.69, 9.17) is 11.5 Å². The lowest BCUT2D eigenvalue weighted by atomic mass is 10.2. The quantitative estimate of drug-likeness (QED) is 0.701. The van der Waals surface area contributed by atoms with Gasteiger partial charge in [-0.25, -0.2) is 0 Å². The van der Waals surface area contributed by atoms with E-state index in [2.05, 4.69) is 5.32 Å². The number of rotatable bonds is 4. The van der Waals surface area contributed by atoms with Crippen LogP contribution in [0.1, 0.15) is 19.3 Å². The van der Waals surface area contributed by atoms with Gasteiger partial charge in [0.05, 0.1) is 11.4 Å². The van der Waals surface area contributed by atoms with E-state index in [9.17, 15) is 4.79 Å². The van der Waals surface area contributed by atoms with Crippen molar-refractivity contribution in [1.82, 2.24) is 4.90 Å². The van der Waals surface area contributed by atoms with Crippen LogP contribution in [0.5, 0.6) is 0 Å². The fourth-order valence-electron chi connectivity index (χ4n) is 2.12. The van der Waals surface area contributed by atoms with Crippen molar-refractivity contribution in [3.05, 3.63) is 18.2 Å². The Labute approximate surface area is 107 Å². The van der Waals surface area contributed by atoms with Gasteiger partial charge in [0, 0.05) is 31.7 Å². The Morgan fingerprint density at radius 1 is 1.22 bits per heavy atom. The standard InChI is InChI=1S/C13H20N4O/c14-11-4-3-10(9-12(11)15)16-6-5-13(18)17-7-1-2-8-17/h3-4,9,16H,1-2,5-8,14-15H2. The molecule has 1 aliphatic heterocycles. The molecular formula is C13H20N4O. The molecule has 2 rings (SSSR count). The zero-order valence-corrected chi connectivity index (χ0v) is 10.5. The molecule has 1 saturated heterocycles. The zero-order valence-electron chi connectivity index (χ0n) is 10.5. The average molecular weight is 248 g/mol. The molecule has 1 amide bonds. The number of carbonyl (C=O) groups excluding carboxylic acids is 1. The molecule has 0 aliphatic carbocycles. The lowest BCUT2D eigenvalue weighted by Crippen LogP contribution is -2.29. The Morgan fingerprint density at radius 2 is 1.94 bits per heavy atom. The minimum atomic E-state index is 0.225. The summed E-state index contributed by atoms with van der Waals surface area (Å²) in [6, 6.07) is 5.42. The summed E-state index contributed by atoms with van der Waals surface area (Å²) in [5.74, 6) is 0.225. The molecule has 0 radical (unpaired) electrons. The minimum Gasteiger partial charge on any atom is -0.397 e. The number of amides is 1. The highest BCUT2D eigenvalue weighted by Crippen LogP contribution is 2.19. The molecule has 1 fully saturated rings. The predicted molar refractivity (Wildman–Crippen MR) is 74.2 cm³/mol. The van der Waals surface area contributed by atoms with Gasteiger partial charge in [-0.1, -0.05) is 0 Å². The highest BCUT2D eigenvalue weighted by molar-refractivity contribution is 5.77. The van der Waals surface area contributed by atoms with Crippen molar-refractivity contribution in [2.45, 2.75) is 19.3 Å². The van der Waals surface area contributed by atoms with Gasteiger partial charge in [-0.05, 0) is 31.0 Å². The molecule has 0 aromatic heterocycles. The average Bonchev–Trinajstić information content (AvgIpc) is 2.87. The summed E-state index contributed by atoms with van der Waals surface area (Å²) in [7, 11) is 0. The summed E-state index contributed by atoms with van der Waals surface area (Å²) >= 11 is 0. The maximum Gasteiger partial charge on any atom is 0.224 e. The first-order valence-electron chi connectivity index (χ1n) is 6.33. The van der Waals surface area contributed by atoms with Crippen molar-refractivity contribution in [3.63, 3.8) is 0 Å². The third-order valence-electron chi connectivity index (χ3n) is 3.21. The summed E-state index contributed by atoms with van der Waals surface area (Å²) in [6.45, 7) is 2.44. The molecule has 0 bridgehead atoms. The highest BCUT2D eigenvalue weighted by atomic mass is 16.2. The number of hydrogen-bond donors (Lipinski definition) is 3. The summed E-state index contributed by atoms with van der Waals surface area (Å²) in [5, 5.41) is 3.18. The van der Waals surface area contributed by atoms with Crippen molar-refractivity contribution in [3.8, 4) is 0 Å². The molecule has 1 heterocycles. The second-order valence-corrected chi connectivity index (χ2v) is 4.61. The van der Waals surface area contributed by atoms with Crippen molar-refractivity contribution in [2.24, 2.45) is 0 Å². The van der Waals surface area contributed by atoms with Crippen molar-refractivity contribution < 1.29 is 4.79 Å². The van der Waals surface area contributed by atoms with E-state index in [-0.39, 0.29) is 5.91 Å². The lowest BCUT2D eigenvalue weighted by molar-refractivity contribution is -0.129. The molecule has 0 unspecified atom stereocenters. The second-order valence-electron chi connectivity index (χ2n) is 4.61.